The molecule has 0 radical (unpaired) electrons. The number of esters is 1. The van der Waals surface area contributed by atoms with E-state index in [0.29, 0.717) is 0 Å². The van der Waals surface area contributed by atoms with Gasteiger partial charge in [-0.05, 0) is 23.6 Å². The lowest BCUT2D eigenvalue weighted by Gasteiger charge is -2.10. The third kappa shape index (κ3) is 3.20. The summed E-state index contributed by atoms with van der Waals surface area (Å²) in [6.45, 7) is 1.86. The molecule has 0 aliphatic carbocycles. The van der Waals surface area contributed by atoms with Gasteiger partial charge in [0, 0.05) is 0 Å². The second-order valence-electron chi connectivity index (χ2n) is 3.35. The van der Waals surface area contributed by atoms with Crippen molar-refractivity contribution in [3.8, 4) is 0 Å². The molecule has 0 bridgehead atoms. The van der Waals surface area contributed by atoms with Crippen molar-refractivity contribution in [2.75, 3.05) is 7.11 Å². The molecular formula is C11H12ClFO2. The monoisotopic (exact) mass is 230 g/mol. The van der Waals surface area contributed by atoms with Gasteiger partial charge >= 0.3 is 5.97 Å². The average molecular weight is 231 g/mol. The van der Waals surface area contributed by atoms with Gasteiger partial charge in [0.15, 0.2) is 0 Å². The number of ether oxygens (including phenoxy) is 1. The third-order valence-corrected chi connectivity index (χ3v) is 2.50. The molecule has 1 atom stereocenters. The van der Waals surface area contributed by atoms with Crippen LogP contribution in [-0.4, -0.2) is 13.1 Å². The fraction of sp³-hybridized carbons (Fsp3) is 0.364. The predicted molar refractivity (Wildman–Crippen MR) is 56.5 cm³/mol. The van der Waals surface area contributed by atoms with Crippen LogP contribution in [0.25, 0.3) is 0 Å². The average Bonchev–Trinajstić information content (AvgIpc) is 2.21. The van der Waals surface area contributed by atoms with E-state index < -0.39 is 5.82 Å². The summed E-state index contributed by atoms with van der Waals surface area (Å²) in [5.41, 5.74) is 0.826. The molecule has 0 heterocycles. The van der Waals surface area contributed by atoms with Crippen LogP contribution in [0.4, 0.5) is 4.39 Å². The van der Waals surface area contributed by atoms with Gasteiger partial charge in [-0.1, -0.05) is 24.6 Å². The lowest BCUT2D eigenvalue weighted by molar-refractivity contribution is -0.140. The SMILES string of the molecule is COC(=O)CC(C)c1ccc(F)c(Cl)c1. The van der Waals surface area contributed by atoms with Crippen LogP contribution in [0.5, 0.6) is 0 Å². The summed E-state index contributed by atoms with van der Waals surface area (Å²) >= 11 is 5.64. The standard InChI is InChI=1S/C11H12ClFO2/c1-7(5-11(14)15-2)8-3-4-10(13)9(12)6-8/h3-4,6-7H,5H2,1-2H3. The number of hydrogen-bond donors (Lipinski definition) is 0. The smallest absolute Gasteiger partial charge is 0.306 e. The zero-order valence-corrected chi connectivity index (χ0v) is 9.34. The van der Waals surface area contributed by atoms with Crippen LogP contribution in [0.1, 0.15) is 24.8 Å². The molecule has 0 aromatic heterocycles. The Hall–Kier alpha value is -1.09. The number of carbonyl (C=O) groups is 1. The zero-order valence-electron chi connectivity index (χ0n) is 8.59. The maximum atomic E-state index is 12.9. The van der Waals surface area contributed by atoms with Crippen LogP contribution in [-0.2, 0) is 9.53 Å². The van der Waals surface area contributed by atoms with Gasteiger partial charge in [-0.25, -0.2) is 4.39 Å². The Morgan fingerprint density at radius 2 is 2.27 bits per heavy atom. The first-order valence-electron chi connectivity index (χ1n) is 4.56. The Morgan fingerprint density at radius 1 is 1.60 bits per heavy atom. The van der Waals surface area contributed by atoms with Crippen molar-refractivity contribution in [1.82, 2.24) is 0 Å². The molecule has 0 spiro atoms. The quantitative estimate of drug-likeness (QED) is 0.746. The van der Waals surface area contributed by atoms with E-state index >= 15 is 0 Å². The van der Waals surface area contributed by atoms with E-state index in [9.17, 15) is 9.18 Å². The molecule has 82 valence electrons. The van der Waals surface area contributed by atoms with Crippen molar-refractivity contribution >= 4 is 17.6 Å². The number of hydrogen-bond acceptors (Lipinski definition) is 2. The van der Waals surface area contributed by atoms with Crippen LogP contribution in [0.15, 0.2) is 18.2 Å². The Bertz CT molecular complexity index is 366. The van der Waals surface area contributed by atoms with E-state index in [1.54, 1.807) is 6.07 Å². The zero-order chi connectivity index (χ0) is 11.4. The lowest BCUT2D eigenvalue weighted by atomic mass is 9.98. The van der Waals surface area contributed by atoms with Crippen molar-refractivity contribution in [3.63, 3.8) is 0 Å². The highest BCUT2D eigenvalue weighted by Gasteiger charge is 2.12. The van der Waals surface area contributed by atoms with Crippen molar-refractivity contribution in [3.05, 3.63) is 34.6 Å². The van der Waals surface area contributed by atoms with Gasteiger partial charge in [0.05, 0.1) is 18.6 Å². The second kappa shape index (κ2) is 5.12. The van der Waals surface area contributed by atoms with Gasteiger partial charge in [0.2, 0.25) is 0 Å². The molecule has 0 saturated carbocycles. The van der Waals surface area contributed by atoms with Crippen LogP contribution < -0.4 is 0 Å². The van der Waals surface area contributed by atoms with Crippen molar-refractivity contribution < 1.29 is 13.9 Å². The van der Waals surface area contributed by atoms with E-state index in [2.05, 4.69) is 4.74 Å². The molecule has 0 aliphatic rings. The van der Waals surface area contributed by atoms with E-state index in [4.69, 9.17) is 11.6 Å². The highest BCUT2D eigenvalue weighted by Crippen LogP contribution is 2.24. The molecule has 0 N–H and O–H groups in total. The number of carbonyl (C=O) groups excluding carboxylic acids is 1. The highest BCUT2D eigenvalue weighted by atomic mass is 35.5. The topological polar surface area (TPSA) is 26.3 Å². The Labute approximate surface area is 93.0 Å². The first kappa shape index (κ1) is 12.0. The minimum atomic E-state index is -0.453. The fourth-order valence-electron chi connectivity index (χ4n) is 1.27. The summed E-state index contributed by atoms with van der Waals surface area (Å²) < 4.78 is 17.4. The molecule has 1 rings (SSSR count). The van der Waals surface area contributed by atoms with Gasteiger partial charge in [-0.2, -0.15) is 0 Å². The van der Waals surface area contributed by atoms with E-state index in [1.165, 1.54) is 19.2 Å². The maximum absolute atomic E-state index is 12.9. The maximum Gasteiger partial charge on any atom is 0.306 e. The minimum Gasteiger partial charge on any atom is -0.469 e. The summed E-state index contributed by atoms with van der Waals surface area (Å²) in [5, 5.41) is 0.0733. The van der Waals surface area contributed by atoms with E-state index in [0.717, 1.165) is 5.56 Å². The lowest BCUT2D eigenvalue weighted by Crippen LogP contribution is -2.06. The van der Waals surface area contributed by atoms with E-state index in [-0.39, 0.29) is 23.3 Å². The Morgan fingerprint density at radius 3 is 2.80 bits per heavy atom. The molecule has 15 heavy (non-hydrogen) atoms. The summed E-state index contributed by atoms with van der Waals surface area (Å²) in [5.74, 6) is -0.774. The summed E-state index contributed by atoms with van der Waals surface area (Å²) in [6, 6.07) is 4.45. The number of rotatable bonds is 3. The first-order valence-corrected chi connectivity index (χ1v) is 4.94. The molecular weight excluding hydrogens is 219 g/mol. The summed E-state index contributed by atoms with van der Waals surface area (Å²) in [4.78, 5) is 11.0. The fourth-order valence-corrected chi connectivity index (χ4v) is 1.46. The van der Waals surface area contributed by atoms with Gasteiger partial charge in [-0.3, -0.25) is 4.79 Å². The van der Waals surface area contributed by atoms with Crippen LogP contribution in [0, 0.1) is 5.82 Å². The van der Waals surface area contributed by atoms with Crippen LogP contribution >= 0.6 is 11.6 Å². The van der Waals surface area contributed by atoms with Gasteiger partial charge < -0.3 is 4.74 Å². The number of methoxy groups -OCH3 is 1. The predicted octanol–water partition coefficient (Wildman–Crippen LogP) is 3.15. The van der Waals surface area contributed by atoms with Crippen molar-refractivity contribution in [2.45, 2.75) is 19.3 Å². The molecule has 4 heteroatoms. The highest BCUT2D eigenvalue weighted by molar-refractivity contribution is 6.30. The minimum absolute atomic E-state index is 0.0319. The third-order valence-electron chi connectivity index (χ3n) is 2.21. The molecule has 0 amide bonds. The van der Waals surface area contributed by atoms with Crippen LogP contribution in [0.3, 0.4) is 0 Å². The molecule has 1 aromatic rings. The van der Waals surface area contributed by atoms with E-state index in [1.807, 2.05) is 6.92 Å². The van der Waals surface area contributed by atoms with Crippen LogP contribution in [0.2, 0.25) is 5.02 Å². The Balaban J connectivity index is 2.78. The normalized spacial score (nSPS) is 12.3. The molecule has 2 nitrogen and oxygen atoms in total. The summed E-state index contributed by atoms with van der Waals surface area (Å²) in [6.07, 6.45) is 0.262. The molecule has 0 fully saturated rings. The molecule has 0 saturated heterocycles. The summed E-state index contributed by atoms with van der Waals surface area (Å²) in [7, 11) is 1.34. The van der Waals surface area contributed by atoms with Crippen molar-refractivity contribution in [1.29, 1.82) is 0 Å². The second-order valence-corrected chi connectivity index (χ2v) is 3.76. The first-order chi connectivity index (χ1) is 7.04. The molecule has 1 unspecified atom stereocenters. The van der Waals surface area contributed by atoms with Crippen molar-refractivity contribution in [2.24, 2.45) is 0 Å². The van der Waals surface area contributed by atoms with Gasteiger partial charge in [0.25, 0.3) is 0 Å². The number of halogens is 2. The van der Waals surface area contributed by atoms with Gasteiger partial charge in [-0.15, -0.1) is 0 Å². The number of benzene rings is 1. The van der Waals surface area contributed by atoms with Gasteiger partial charge in [0.1, 0.15) is 5.82 Å². The molecule has 1 aromatic carbocycles. The Kier molecular flexibility index (Phi) is 4.09. The largest absolute Gasteiger partial charge is 0.469 e. The molecule has 0 aliphatic heterocycles.